The first kappa shape index (κ1) is 20.3. The molecule has 3 aromatic rings. The molecule has 3 aliphatic rings. The van der Waals surface area contributed by atoms with Crippen molar-refractivity contribution >= 4 is 0 Å². The Morgan fingerprint density at radius 2 is 1.45 bits per heavy atom. The van der Waals surface area contributed by atoms with Crippen LogP contribution in [-0.4, -0.2) is 14.8 Å². The van der Waals surface area contributed by atoms with Gasteiger partial charge in [-0.05, 0) is 62.5 Å². The molecule has 0 amide bonds. The third kappa shape index (κ3) is 3.19. The van der Waals surface area contributed by atoms with Crippen molar-refractivity contribution in [3.8, 4) is 11.4 Å². The summed E-state index contributed by atoms with van der Waals surface area (Å²) in [6.07, 6.45) is 1.79. The van der Waals surface area contributed by atoms with Gasteiger partial charge in [-0.15, -0.1) is 10.2 Å². The van der Waals surface area contributed by atoms with Crippen LogP contribution in [0.25, 0.3) is 11.4 Å². The molecule has 2 bridgehead atoms. The molecule has 162 valence electrons. The number of hydrogen-bond donors (Lipinski definition) is 0. The van der Waals surface area contributed by atoms with E-state index in [0.717, 1.165) is 44.3 Å². The van der Waals surface area contributed by atoms with Crippen molar-refractivity contribution in [2.24, 2.45) is 7.05 Å². The van der Waals surface area contributed by atoms with Crippen LogP contribution in [0.5, 0.6) is 0 Å². The van der Waals surface area contributed by atoms with Gasteiger partial charge < -0.3 is 4.57 Å². The molecule has 0 saturated heterocycles. The van der Waals surface area contributed by atoms with Crippen LogP contribution in [0.1, 0.15) is 61.0 Å². The SMILES string of the molecule is Cc1ccc(-c2nnc(C34CCC(c5ccccc5)(CC3)CC4)n2C)c(C(F)(F)F)c1. The average molecular weight is 425 g/mol. The lowest BCUT2D eigenvalue weighted by molar-refractivity contribution is -0.137. The monoisotopic (exact) mass is 425 g/mol. The predicted molar refractivity (Wildman–Crippen MR) is 114 cm³/mol. The van der Waals surface area contributed by atoms with E-state index < -0.39 is 11.7 Å². The van der Waals surface area contributed by atoms with Crippen LogP contribution in [0.3, 0.4) is 0 Å². The van der Waals surface area contributed by atoms with Gasteiger partial charge >= 0.3 is 6.18 Å². The van der Waals surface area contributed by atoms with E-state index in [-0.39, 0.29) is 16.4 Å². The first-order chi connectivity index (χ1) is 14.7. The number of alkyl halides is 3. The van der Waals surface area contributed by atoms with Crippen molar-refractivity contribution in [2.45, 2.75) is 62.5 Å². The smallest absolute Gasteiger partial charge is 0.314 e. The largest absolute Gasteiger partial charge is 0.417 e. The molecule has 1 heterocycles. The fraction of sp³-hybridized carbons (Fsp3) is 0.440. The second-order valence-electron chi connectivity index (χ2n) is 9.38. The van der Waals surface area contributed by atoms with Crippen molar-refractivity contribution < 1.29 is 13.2 Å². The van der Waals surface area contributed by atoms with E-state index in [9.17, 15) is 13.2 Å². The predicted octanol–water partition coefficient (Wildman–Crippen LogP) is 6.35. The van der Waals surface area contributed by atoms with E-state index in [2.05, 4.69) is 40.5 Å². The Labute approximate surface area is 180 Å². The van der Waals surface area contributed by atoms with Gasteiger partial charge in [-0.3, -0.25) is 0 Å². The van der Waals surface area contributed by atoms with Crippen LogP contribution in [0, 0.1) is 6.92 Å². The zero-order chi connectivity index (χ0) is 21.9. The number of benzene rings is 2. The topological polar surface area (TPSA) is 30.7 Å². The number of rotatable bonds is 3. The lowest BCUT2D eigenvalue weighted by atomic mass is 9.51. The number of aromatic nitrogens is 3. The third-order valence-electron chi connectivity index (χ3n) is 7.70. The van der Waals surface area contributed by atoms with E-state index in [1.54, 1.807) is 17.6 Å². The number of nitrogens with zero attached hydrogens (tertiary/aromatic N) is 3. The number of fused-ring (bicyclic) bond motifs is 3. The molecule has 0 radical (unpaired) electrons. The summed E-state index contributed by atoms with van der Waals surface area (Å²) >= 11 is 0. The normalized spacial score (nSPS) is 25.7. The molecule has 0 unspecified atom stereocenters. The quantitative estimate of drug-likeness (QED) is 0.489. The molecule has 3 aliphatic carbocycles. The molecule has 0 N–H and O–H groups in total. The summed E-state index contributed by atoms with van der Waals surface area (Å²) in [6.45, 7) is 1.67. The molecule has 3 nitrogen and oxygen atoms in total. The van der Waals surface area contributed by atoms with Crippen LogP contribution in [0.15, 0.2) is 48.5 Å². The molecular weight excluding hydrogens is 399 g/mol. The third-order valence-corrected chi connectivity index (χ3v) is 7.70. The highest BCUT2D eigenvalue weighted by atomic mass is 19.4. The van der Waals surface area contributed by atoms with Gasteiger partial charge in [0.15, 0.2) is 5.82 Å². The summed E-state index contributed by atoms with van der Waals surface area (Å²) in [7, 11) is 1.81. The van der Waals surface area contributed by atoms with Gasteiger partial charge in [0.05, 0.1) is 5.56 Å². The number of halogens is 3. The van der Waals surface area contributed by atoms with Crippen molar-refractivity contribution in [2.75, 3.05) is 0 Å². The van der Waals surface area contributed by atoms with Crippen LogP contribution < -0.4 is 0 Å². The second-order valence-corrected chi connectivity index (χ2v) is 9.38. The minimum atomic E-state index is -4.43. The Morgan fingerprint density at radius 3 is 2.06 bits per heavy atom. The molecule has 0 aliphatic heterocycles. The molecule has 6 rings (SSSR count). The number of hydrogen-bond acceptors (Lipinski definition) is 2. The lowest BCUT2D eigenvalue weighted by Crippen LogP contribution is -2.47. The lowest BCUT2D eigenvalue weighted by Gasteiger charge is -2.53. The molecule has 0 atom stereocenters. The highest BCUT2D eigenvalue weighted by molar-refractivity contribution is 5.62. The van der Waals surface area contributed by atoms with Crippen molar-refractivity contribution in [3.05, 3.63) is 71.0 Å². The van der Waals surface area contributed by atoms with Gasteiger partial charge in [-0.25, -0.2) is 0 Å². The molecule has 2 aromatic carbocycles. The Balaban J connectivity index is 1.49. The Morgan fingerprint density at radius 1 is 0.839 bits per heavy atom. The highest BCUT2D eigenvalue weighted by Gasteiger charge is 2.52. The van der Waals surface area contributed by atoms with Crippen molar-refractivity contribution in [1.29, 1.82) is 0 Å². The Kier molecular flexibility index (Phi) is 4.54. The van der Waals surface area contributed by atoms with Gasteiger partial charge in [0, 0.05) is 18.0 Å². The first-order valence-corrected chi connectivity index (χ1v) is 10.9. The van der Waals surface area contributed by atoms with E-state index in [4.69, 9.17) is 0 Å². The summed E-state index contributed by atoms with van der Waals surface area (Å²) in [6, 6.07) is 15.1. The zero-order valence-electron chi connectivity index (χ0n) is 17.8. The molecular formula is C25H26F3N3. The van der Waals surface area contributed by atoms with Gasteiger partial charge in [-0.2, -0.15) is 13.2 Å². The molecule has 6 heteroatoms. The summed E-state index contributed by atoms with van der Waals surface area (Å²) in [4.78, 5) is 0. The van der Waals surface area contributed by atoms with Crippen LogP contribution in [0.4, 0.5) is 13.2 Å². The fourth-order valence-electron chi connectivity index (χ4n) is 5.86. The summed E-state index contributed by atoms with van der Waals surface area (Å²) in [5.74, 6) is 1.12. The van der Waals surface area contributed by atoms with E-state index in [1.165, 1.54) is 17.7 Å². The second kappa shape index (κ2) is 6.94. The van der Waals surface area contributed by atoms with E-state index >= 15 is 0 Å². The summed E-state index contributed by atoms with van der Waals surface area (Å²) in [5, 5.41) is 8.73. The minimum absolute atomic E-state index is 0.0976. The minimum Gasteiger partial charge on any atom is -0.314 e. The van der Waals surface area contributed by atoms with Crippen LogP contribution in [-0.2, 0) is 24.1 Å². The van der Waals surface area contributed by atoms with Gasteiger partial charge in [0.1, 0.15) is 5.82 Å². The zero-order valence-corrected chi connectivity index (χ0v) is 17.8. The van der Waals surface area contributed by atoms with Gasteiger partial charge in [0.2, 0.25) is 0 Å². The van der Waals surface area contributed by atoms with Gasteiger partial charge in [0.25, 0.3) is 0 Å². The van der Waals surface area contributed by atoms with Crippen molar-refractivity contribution in [3.63, 3.8) is 0 Å². The summed E-state index contributed by atoms with van der Waals surface area (Å²) < 4.78 is 42.9. The maximum absolute atomic E-state index is 13.7. The maximum Gasteiger partial charge on any atom is 0.417 e. The van der Waals surface area contributed by atoms with Crippen molar-refractivity contribution in [1.82, 2.24) is 14.8 Å². The summed E-state index contributed by atoms with van der Waals surface area (Å²) in [5.41, 5.74) is 1.57. The number of aryl methyl sites for hydroxylation is 1. The average Bonchev–Trinajstić information content (AvgIpc) is 3.17. The molecule has 3 fully saturated rings. The molecule has 0 spiro atoms. The van der Waals surface area contributed by atoms with Crippen LogP contribution in [0.2, 0.25) is 0 Å². The fourth-order valence-corrected chi connectivity index (χ4v) is 5.86. The first-order valence-electron chi connectivity index (χ1n) is 10.9. The van der Waals surface area contributed by atoms with Crippen LogP contribution >= 0.6 is 0 Å². The Bertz CT molecular complexity index is 1090. The maximum atomic E-state index is 13.7. The van der Waals surface area contributed by atoms with E-state index in [0.29, 0.717) is 11.4 Å². The molecule has 3 saturated carbocycles. The van der Waals surface area contributed by atoms with E-state index in [1.807, 2.05) is 7.05 Å². The molecule has 1 aromatic heterocycles. The standard InChI is InChI=1S/C25H26F3N3/c1-17-8-9-19(20(16-17)25(26,27)28)21-29-30-22(31(21)2)24-13-10-23(11-14-24,12-15-24)18-6-4-3-5-7-18/h3-9,16H,10-15H2,1-2H3. The molecule has 31 heavy (non-hydrogen) atoms. The highest BCUT2D eigenvalue weighted by Crippen LogP contribution is 2.58. The Hall–Kier alpha value is -2.63. The van der Waals surface area contributed by atoms with Gasteiger partial charge in [-0.1, -0.05) is 48.0 Å².